The van der Waals surface area contributed by atoms with Crippen molar-refractivity contribution < 1.29 is 0 Å². The van der Waals surface area contributed by atoms with Crippen molar-refractivity contribution in [2.75, 3.05) is 25.0 Å². The molecule has 0 saturated heterocycles. The average Bonchev–Trinajstić information content (AvgIpc) is 2.61. The first-order valence-electron chi connectivity index (χ1n) is 5.83. The molecule has 1 aliphatic carbocycles. The Morgan fingerprint density at radius 1 is 1.25 bits per heavy atom. The van der Waals surface area contributed by atoms with Crippen LogP contribution in [0.4, 0.5) is 0 Å². The highest BCUT2D eigenvalue weighted by molar-refractivity contribution is 9.14. The van der Waals surface area contributed by atoms with Gasteiger partial charge >= 0.3 is 0 Å². The minimum Gasteiger partial charge on any atom is -0.193 e. The van der Waals surface area contributed by atoms with Gasteiger partial charge < -0.3 is 0 Å². The minimum absolute atomic E-state index is 0.599. The Kier molecular flexibility index (Phi) is 4.91. The molecule has 16 heavy (non-hydrogen) atoms. The molecule has 0 nitrogen and oxygen atoms in total. The van der Waals surface area contributed by atoms with E-state index >= 15 is 0 Å². The van der Waals surface area contributed by atoms with Gasteiger partial charge in [-0.3, -0.25) is 0 Å². The zero-order valence-electron chi connectivity index (χ0n) is 11.1. The Balaban J connectivity index is 2.72. The highest BCUT2D eigenvalue weighted by atomic mass is 35.8. The molecule has 0 spiro atoms. The first-order valence-corrected chi connectivity index (χ1v) is 12.1. The van der Waals surface area contributed by atoms with Gasteiger partial charge in [-0.15, -0.1) is 8.27 Å². The third-order valence-electron chi connectivity index (χ3n) is 3.37. The second-order valence-corrected chi connectivity index (χ2v) is 18.4. The van der Waals surface area contributed by atoms with Crippen molar-refractivity contribution in [1.82, 2.24) is 0 Å². The molecule has 0 N–H and O–H groups in total. The van der Waals surface area contributed by atoms with E-state index in [2.05, 4.69) is 50.2 Å². The standard InChI is InChI=1S/C13H25ClS2/c1-6-7-8-12-9-10-13(11-12)15(2,3)16(4,5)14/h9-11,13H,6-8H2,1-5H3. The first kappa shape index (κ1) is 14.5. The smallest absolute Gasteiger partial charge is 0.0333 e. The van der Waals surface area contributed by atoms with E-state index in [4.69, 9.17) is 10.7 Å². The number of unbranched alkanes of at least 4 members (excludes halogenated alkanes) is 1. The summed E-state index contributed by atoms with van der Waals surface area (Å²) in [5, 5.41) is 0.599. The fraction of sp³-hybridized carbons (Fsp3) is 0.692. The van der Waals surface area contributed by atoms with Crippen LogP contribution in [0.15, 0.2) is 23.8 Å². The summed E-state index contributed by atoms with van der Waals surface area (Å²) in [5.74, 6) is 0. The molecule has 3 heteroatoms. The van der Waals surface area contributed by atoms with Crippen molar-refractivity contribution in [3.8, 4) is 0 Å². The summed E-state index contributed by atoms with van der Waals surface area (Å²) in [6.07, 6.45) is 20.2. The molecular formula is C13H25ClS2. The molecule has 1 atom stereocenters. The van der Waals surface area contributed by atoms with Crippen LogP contribution in [0.1, 0.15) is 26.2 Å². The minimum atomic E-state index is -0.970. The molecule has 0 aliphatic heterocycles. The number of hydrogen-bond donors (Lipinski definition) is 0. The van der Waals surface area contributed by atoms with Crippen LogP contribution in [0.25, 0.3) is 0 Å². The van der Waals surface area contributed by atoms with Gasteiger partial charge in [0.2, 0.25) is 0 Å². The maximum absolute atomic E-state index is 6.61. The van der Waals surface area contributed by atoms with E-state index in [1.165, 1.54) is 24.8 Å². The van der Waals surface area contributed by atoms with Crippen LogP contribution >= 0.6 is 28.0 Å². The number of halogens is 1. The SMILES string of the molecule is CCCCC1=CC(S(C)(C)S(C)(C)Cl)C=C1. The normalized spacial score (nSPS) is 23.4. The lowest BCUT2D eigenvalue weighted by atomic mass is 10.1. The van der Waals surface area contributed by atoms with E-state index in [9.17, 15) is 0 Å². The number of rotatable bonds is 5. The van der Waals surface area contributed by atoms with Crippen LogP contribution in [-0.2, 0) is 0 Å². The van der Waals surface area contributed by atoms with Gasteiger partial charge in [-0.05, 0) is 37.9 Å². The topological polar surface area (TPSA) is 0 Å². The first-order chi connectivity index (χ1) is 7.29. The van der Waals surface area contributed by atoms with Crippen LogP contribution in [0, 0.1) is 0 Å². The van der Waals surface area contributed by atoms with Gasteiger partial charge in [0.1, 0.15) is 0 Å². The van der Waals surface area contributed by atoms with E-state index in [1.54, 1.807) is 0 Å². The molecule has 0 amide bonds. The summed E-state index contributed by atoms with van der Waals surface area (Å²) in [6, 6.07) is 0. The Morgan fingerprint density at radius 2 is 1.88 bits per heavy atom. The van der Waals surface area contributed by atoms with Crippen LogP contribution in [0.5, 0.6) is 0 Å². The van der Waals surface area contributed by atoms with Crippen molar-refractivity contribution in [2.45, 2.75) is 31.4 Å². The molecule has 0 aromatic rings. The number of hydrogen-bond acceptors (Lipinski definition) is 0. The summed E-state index contributed by atoms with van der Waals surface area (Å²) >= 11 is 0. The van der Waals surface area contributed by atoms with Gasteiger partial charge in [0.05, 0.1) is 0 Å². The predicted molar refractivity (Wildman–Crippen MR) is 85.3 cm³/mol. The van der Waals surface area contributed by atoms with Gasteiger partial charge in [-0.2, -0.15) is 9.06 Å². The van der Waals surface area contributed by atoms with Crippen molar-refractivity contribution in [1.29, 1.82) is 0 Å². The van der Waals surface area contributed by atoms with Crippen LogP contribution in [0.2, 0.25) is 0 Å². The Morgan fingerprint density at radius 3 is 2.38 bits per heavy atom. The molecule has 0 bridgehead atoms. The van der Waals surface area contributed by atoms with Gasteiger partial charge in [-0.25, -0.2) is 0 Å². The van der Waals surface area contributed by atoms with Gasteiger partial charge in [-0.1, -0.05) is 47.8 Å². The molecular weight excluding hydrogens is 256 g/mol. The van der Waals surface area contributed by atoms with E-state index < -0.39 is 17.3 Å². The van der Waals surface area contributed by atoms with Crippen LogP contribution in [-0.4, -0.2) is 30.3 Å². The quantitative estimate of drug-likeness (QED) is 0.604. The molecule has 0 saturated carbocycles. The fourth-order valence-electron chi connectivity index (χ4n) is 1.71. The fourth-order valence-corrected chi connectivity index (χ4v) is 5.89. The molecule has 0 aromatic carbocycles. The molecule has 1 unspecified atom stereocenters. The molecule has 0 heterocycles. The van der Waals surface area contributed by atoms with Crippen molar-refractivity contribution >= 4 is 28.0 Å². The van der Waals surface area contributed by atoms with Crippen molar-refractivity contribution in [3.05, 3.63) is 23.8 Å². The van der Waals surface area contributed by atoms with Gasteiger partial charge in [0.25, 0.3) is 0 Å². The highest BCUT2D eigenvalue weighted by Gasteiger charge is 2.32. The summed E-state index contributed by atoms with van der Waals surface area (Å²) in [5.41, 5.74) is 1.52. The third kappa shape index (κ3) is 3.24. The van der Waals surface area contributed by atoms with Crippen molar-refractivity contribution in [2.24, 2.45) is 0 Å². The molecule has 96 valence electrons. The van der Waals surface area contributed by atoms with Crippen molar-refractivity contribution in [3.63, 3.8) is 0 Å². The van der Waals surface area contributed by atoms with Gasteiger partial charge in [0.15, 0.2) is 0 Å². The van der Waals surface area contributed by atoms with Crippen LogP contribution < -0.4 is 0 Å². The van der Waals surface area contributed by atoms with E-state index in [-0.39, 0.29) is 0 Å². The lowest BCUT2D eigenvalue weighted by Crippen LogP contribution is -2.13. The molecule has 0 radical (unpaired) electrons. The Bertz CT molecular complexity index is 298. The Hall–Kier alpha value is 0.470. The van der Waals surface area contributed by atoms with E-state index in [0.717, 1.165) is 0 Å². The molecule has 0 aromatic heterocycles. The van der Waals surface area contributed by atoms with Crippen LogP contribution in [0.3, 0.4) is 0 Å². The largest absolute Gasteiger partial charge is 0.193 e. The maximum atomic E-state index is 6.61. The van der Waals surface area contributed by atoms with E-state index in [0.29, 0.717) is 5.25 Å². The second-order valence-electron chi connectivity index (χ2n) is 5.09. The van der Waals surface area contributed by atoms with Gasteiger partial charge in [0, 0.05) is 5.25 Å². The third-order valence-corrected chi connectivity index (χ3v) is 16.7. The highest BCUT2D eigenvalue weighted by Crippen LogP contribution is 2.80. The second kappa shape index (κ2) is 5.41. The molecule has 0 fully saturated rings. The summed E-state index contributed by atoms with van der Waals surface area (Å²) in [6.45, 7) is 2.25. The average molecular weight is 281 g/mol. The monoisotopic (exact) mass is 280 g/mol. The maximum Gasteiger partial charge on any atom is 0.0333 e. The zero-order chi connectivity index (χ0) is 12.4. The molecule has 1 aliphatic rings. The Labute approximate surface area is 108 Å². The zero-order valence-corrected chi connectivity index (χ0v) is 13.5. The lowest BCUT2D eigenvalue weighted by Gasteiger charge is -2.49. The summed E-state index contributed by atoms with van der Waals surface area (Å²) < 4.78 is 0. The predicted octanol–water partition coefficient (Wildman–Crippen LogP) is 5.24. The summed E-state index contributed by atoms with van der Waals surface area (Å²) in [7, 11) is 4.90. The summed E-state index contributed by atoms with van der Waals surface area (Å²) in [4.78, 5) is 0. The lowest BCUT2D eigenvalue weighted by molar-refractivity contribution is 0.798. The number of allylic oxidation sites excluding steroid dienone is 2. The molecule has 1 rings (SSSR count). The van der Waals surface area contributed by atoms with E-state index in [1.807, 2.05) is 0 Å².